The molecule has 0 radical (unpaired) electrons. The minimum Gasteiger partial charge on any atom is -0.481 e. The van der Waals surface area contributed by atoms with Crippen LogP contribution in [0.25, 0.3) is 0 Å². The van der Waals surface area contributed by atoms with Crippen LogP contribution in [0.4, 0.5) is 0 Å². The third kappa shape index (κ3) is 11.2. The molecule has 0 aliphatic heterocycles. The fraction of sp³-hybridized carbons (Fsp3) is 0.750. The molecule has 2 heteroatoms. The number of carboxylic acid groups (broad SMARTS) is 1. The zero-order valence-corrected chi connectivity index (χ0v) is 9.33. The predicted molar refractivity (Wildman–Crippen MR) is 59.3 cm³/mol. The monoisotopic (exact) mass is 198 g/mol. The molecule has 0 aromatic rings. The minimum absolute atomic E-state index is 0.159. The summed E-state index contributed by atoms with van der Waals surface area (Å²) in [6.07, 6.45) is 9.94. The SMILES string of the molecule is CC(C)CCCCCC=CCC(=O)O. The lowest BCUT2D eigenvalue weighted by atomic mass is 10.0. The van der Waals surface area contributed by atoms with E-state index in [1.807, 2.05) is 6.08 Å². The van der Waals surface area contributed by atoms with E-state index in [-0.39, 0.29) is 6.42 Å². The molecule has 0 heterocycles. The van der Waals surface area contributed by atoms with Crippen LogP contribution in [-0.4, -0.2) is 11.1 Å². The molecular weight excluding hydrogens is 176 g/mol. The fourth-order valence-electron chi connectivity index (χ4n) is 1.29. The van der Waals surface area contributed by atoms with Crippen LogP contribution in [0.15, 0.2) is 12.2 Å². The van der Waals surface area contributed by atoms with E-state index in [0.29, 0.717) is 0 Å². The lowest BCUT2D eigenvalue weighted by Gasteiger charge is -2.02. The van der Waals surface area contributed by atoms with E-state index in [0.717, 1.165) is 12.3 Å². The van der Waals surface area contributed by atoms with E-state index in [4.69, 9.17) is 5.11 Å². The van der Waals surface area contributed by atoms with Gasteiger partial charge in [0.05, 0.1) is 6.42 Å². The Kier molecular flexibility index (Phi) is 8.30. The number of rotatable bonds is 8. The van der Waals surface area contributed by atoms with E-state index in [2.05, 4.69) is 13.8 Å². The maximum absolute atomic E-state index is 10.2. The second-order valence-electron chi connectivity index (χ2n) is 4.10. The summed E-state index contributed by atoms with van der Waals surface area (Å²) in [5.74, 6) is 0.0543. The molecule has 0 saturated heterocycles. The van der Waals surface area contributed by atoms with Gasteiger partial charge in [-0.2, -0.15) is 0 Å². The van der Waals surface area contributed by atoms with Crippen molar-refractivity contribution in [2.45, 2.75) is 52.4 Å². The number of carboxylic acids is 1. The van der Waals surface area contributed by atoms with Gasteiger partial charge in [0, 0.05) is 0 Å². The predicted octanol–water partition coefficient (Wildman–Crippen LogP) is 3.62. The number of unbranched alkanes of at least 4 members (excludes halogenated alkanes) is 3. The van der Waals surface area contributed by atoms with Crippen molar-refractivity contribution in [1.29, 1.82) is 0 Å². The first-order valence-corrected chi connectivity index (χ1v) is 5.49. The molecule has 0 aromatic carbocycles. The van der Waals surface area contributed by atoms with Crippen molar-refractivity contribution in [1.82, 2.24) is 0 Å². The smallest absolute Gasteiger partial charge is 0.307 e. The largest absolute Gasteiger partial charge is 0.481 e. The third-order valence-corrected chi connectivity index (χ3v) is 2.11. The van der Waals surface area contributed by atoms with Gasteiger partial charge < -0.3 is 5.11 Å². The number of hydrogen-bond donors (Lipinski definition) is 1. The zero-order chi connectivity index (χ0) is 10.8. The van der Waals surface area contributed by atoms with Crippen molar-refractivity contribution >= 4 is 5.97 Å². The lowest BCUT2D eigenvalue weighted by Crippen LogP contribution is -1.89. The number of hydrogen-bond acceptors (Lipinski definition) is 1. The van der Waals surface area contributed by atoms with Gasteiger partial charge in [-0.1, -0.05) is 45.3 Å². The van der Waals surface area contributed by atoms with E-state index < -0.39 is 5.97 Å². The van der Waals surface area contributed by atoms with E-state index in [1.54, 1.807) is 6.08 Å². The van der Waals surface area contributed by atoms with E-state index in [9.17, 15) is 4.79 Å². The van der Waals surface area contributed by atoms with Gasteiger partial charge in [0.15, 0.2) is 0 Å². The summed E-state index contributed by atoms with van der Waals surface area (Å²) in [6.45, 7) is 4.49. The van der Waals surface area contributed by atoms with Gasteiger partial charge in [-0.15, -0.1) is 0 Å². The molecule has 0 bridgehead atoms. The molecule has 1 N–H and O–H groups in total. The zero-order valence-electron chi connectivity index (χ0n) is 9.33. The molecule has 0 saturated carbocycles. The van der Waals surface area contributed by atoms with Gasteiger partial charge in [0.25, 0.3) is 0 Å². The number of aliphatic carboxylic acids is 1. The highest BCUT2D eigenvalue weighted by Gasteiger charge is 1.93. The molecule has 2 nitrogen and oxygen atoms in total. The van der Waals surface area contributed by atoms with Gasteiger partial charge in [-0.25, -0.2) is 0 Å². The normalized spacial score (nSPS) is 11.4. The summed E-state index contributed by atoms with van der Waals surface area (Å²) >= 11 is 0. The van der Waals surface area contributed by atoms with Crippen molar-refractivity contribution in [3.8, 4) is 0 Å². The first-order chi connectivity index (χ1) is 6.63. The molecule has 0 spiro atoms. The van der Waals surface area contributed by atoms with Crippen LogP contribution in [0.1, 0.15) is 52.4 Å². The van der Waals surface area contributed by atoms with Gasteiger partial charge in [0.2, 0.25) is 0 Å². The van der Waals surface area contributed by atoms with Crippen LogP contribution < -0.4 is 0 Å². The van der Waals surface area contributed by atoms with Crippen LogP contribution in [0.3, 0.4) is 0 Å². The summed E-state index contributed by atoms with van der Waals surface area (Å²) in [5, 5.41) is 8.36. The van der Waals surface area contributed by atoms with E-state index in [1.165, 1.54) is 25.7 Å². The van der Waals surface area contributed by atoms with Crippen LogP contribution >= 0.6 is 0 Å². The second kappa shape index (κ2) is 8.79. The van der Waals surface area contributed by atoms with Crippen molar-refractivity contribution in [3.63, 3.8) is 0 Å². The Bertz CT molecular complexity index is 171. The Hall–Kier alpha value is -0.790. The van der Waals surface area contributed by atoms with Gasteiger partial charge >= 0.3 is 5.97 Å². The molecule has 0 unspecified atom stereocenters. The highest BCUT2D eigenvalue weighted by molar-refractivity contribution is 5.68. The molecule has 0 aliphatic carbocycles. The Morgan fingerprint density at radius 1 is 1.21 bits per heavy atom. The van der Waals surface area contributed by atoms with E-state index >= 15 is 0 Å². The Morgan fingerprint density at radius 2 is 1.93 bits per heavy atom. The Labute approximate surface area is 87.0 Å². The molecule has 0 atom stereocenters. The standard InChI is InChI=1S/C12H22O2/c1-11(2)9-7-5-3-4-6-8-10-12(13)14/h6,8,11H,3-5,7,9-10H2,1-2H3,(H,13,14). The number of allylic oxidation sites excluding steroid dienone is 1. The summed E-state index contributed by atoms with van der Waals surface area (Å²) in [5.41, 5.74) is 0. The summed E-state index contributed by atoms with van der Waals surface area (Å²) in [6, 6.07) is 0. The summed E-state index contributed by atoms with van der Waals surface area (Å²) in [7, 11) is 0. The van der Waals surface area contributed by atoms with Crippen molar-refractivity contribution < 1.29 is 9.90 Å². The maximum atomic E-state index is 10.2. The Balaban J connectivity index is 3.13. The van der Waals surface area contributed by atoms with Crippen LogP contribution in [0.5, 0.6) is 0 Å². The third-order valence-electron chi connectivity index (χ3n) is 2.11. The fourth-order valence-corrected chi connectivity index (χ4v) is 1.29. The first-order valence-electron chi connectivity index (χ1n) is 5.49. The number of carbonyl (C=O) groups is 1. The second-order valence-corrected chi connectivity index (χ2v) is 4.10. The van der Waals surface area contributed by atoms with Crippen molar-refractivity contribution in [2.75, 3.05) is 0 Å². The van der Waals surface area contributed by atoms with Gasteiger partial charge in [0.1, 0.15) is 0 Å². The van der Waals surface area contributed by atoms with Crippen molar-refractivity contribution in [2.24, 2.45) is 5.92 Å². The molecule has 0 amide bonds. The van der Waals surface area contributed by atoms with Crippen LogP contribution in [-0.2, 0) is 4.79 Å². The maximum Gasteiger partial charge on any atom is 0.307 e. The van der Waals surface area contributed by atoms with Gasteiger partial charge in [-0.05, 0) is 18.8 Å². The van der Waals surface area contributed by atoms with Crippen LogP contribution in [0.2, 0.25) is 0 Å². The molecule has 0 rings (SSSR count). The molecule has 14 heavy (non-hydrogen) atoms. The molecular formula is C12H22O2. The summed E-state index contributed by atoms with van der Waals surface area (Å²) in [4.78, 5) is 10.2. The Morgan fingerprint density at radius 3 is 2.50 bits per heavy atom. The average molecular weight is 198 g/mol. The quantitative estimate of drug-likeness (QED) is 0.477. The molecule has 82 valence electrons. The average Bonchev–Trinajstić information content (AvgIpc) is 2.08. The lowest BCUT2D eigenvalue weighted by molar-refractivity contribution is -0.136. The van der Waals surface area contributed by atoms with Crippen LogP contribution in [0, 0.1) is 5.92 Å². The highest BCUT2D eigenvalue weighted by Crippen LogP contribution is 2.09. The molecule has 0 fully saturated rings. The topological polar surface area (TPSA) is 37.3 Å². The molecule has 0 aliphatic rings. The summed E-state index contributed by atoms with van der Waals surface area (Å²) < 4.78 is 0. The van der Waals surface area contributed by atoms with Crippen molar-refractivity contribution in [3.05, 3.63) is 12.2 Å². The van der Waals surface area contributed by atoms with Gasteiger partial charge in [-0.3, -0.25) is 4.79 Å². The first kappa shape index (κ1) is 13.2. The minimum atomic E-state index is -0.749. The molecule has 0 aromatic heterocycles. The highest BCUT2D eigenvalue weighted by atomic mass is 16.4.